The van der Waals surface area contributed by atoms with Crippen molar-refractivity contribution in [3.05, 3.63) is 83.9 Å². The molecule has 2 amide bonds. The molecule has 0 saturated heterocycles. The lowest BCUT2D eigenvalue weighted by molar-refractivity contribution is 0.230. The van der Waals surface area contributed by atoms with Crippen LogP contribution in [0.1, 0.15) is 11.1 Å². The molecule has 0 aliphatic rings. The Morgan fingerprint density at radius 3 is 2.00 bits per heavy atom. The Morgan fingerprint density at radius 1 is 0.857 bits per heavy atom. The normalized spacial score (nSPS) is 10.2. The van der Waals surface area contributed by atoms with Gasteiger partial charge in [0.15, 0.2) is 0 Å². The summed E-state index contributed by atoms with van der Waals surface area (Å²) in [4.78, 5) is 17.9. The van der Waals surface area contributed by atoms with Crippen LogP contribution < -0.4 is 14.8 Å². The quantitative estimate of drug-likeness (QED) is 0.665. The molecule has 0 saturated carbocycles. The third-order valence-electron chi connectivity index (χ3n) is 3.93. The van der Waals surface area contributed by atoms with Crippen molar-refractivity contribution in [2.45, 2.75) is 13.2 Å². The van der Waals surface area contributed by atoms with Gasteiger partial charge in [0.2, 0.25) is 11.8 Å². The lowest BCUT2D eigenvalue weighted by Crippen LogP contribution is -2.27. The smallest absolute Gasteiger partial charge is 0.321 e. The molecule has 0 aliphatic carbocycles. The fourth-order valence-electron chi connectivity index (χ4n) is 2.39. The second kappa shape index (κ2) is 9.41. The van der Waals surface area contributed by atoms with Gasteiger partial charge in [-0.3, -0.25) is 0 Å². The van der Waals surface area contributed by atoms with Gasteiger partial charge in [-0.1, -0.05) is 60.7 Å². The van der Waals surface area contributed by atoms with E-state index < -0.39 is 0 Å². The molecule has 6 heteroatoms. The summed E-state index contributed by atoms with van der Waals surface area (Å²) in [5.41, 5.74) is 2.53. The number of aromatic nitrogens is 1. The Kier molecular flexibility index (Phi) is 6.46. The fourth-order valence-corrected chi connectivity index (χ4v) is 2.39. The molecule has 0 atom stereocenters. The number of urea groups is 1. The Balaban J connectivity index is 1.75. The largest absolute Gasteiger partial charge is 0.473 e. The van der Waals surface area contributed by atoms with Crippen molar-refractivity contribution in [2.75, 3.05) is 19.4 Å². The SMILES string of the molecule is CN(C)C(=O)Nc1ccc(OCc2ccccc2)nc1OCc1ccccc1. The molecule has 144 valence electrons. The van der Waals surface area contributed by atoms with E-state index in [1.54, 1.807) is 26.2 Å². The molecule has 0 fully saturated rings. The van der Waals surface area contributed by atoms with Crippen LogP contribution in [0.2, 0.25) is 0 Å². The minimum Gasteiger partial charge on any atom is -0.473 e. The number of ether oxygens (including phenoxy) is 2. The summed E-state index contributed by atoms with van der Waals surface area (Å²) in [5, 5.41) is 2.79. The number of hydrogen-bond donors (Lipinski definition) is 1. The number of anilines is 1. The van der Waals surface area contributed by atoms with Crippen molar-refractivity contribution < 1.29 is 14.3 Å². The highest BCUT2D eigenvalue weighted by molar-refractivity contribution is 5.90. The van der Waals surface area contributed by atoms with Crippen LogP contribution in [0.3, 0.4) is 0 Å². The van der Waals surface area contributed by atoms with Crippen molar-refractivity contribution in [1.82, 2.24) is 9.88 Å². The van der Waals surface area contributed by atoms with Gasteiger partial charge >= 0.3 is 6.03 Å². The minimum absolute atomic E-state index is 0.260. The first-order chi connectivity index (χ1) is 13.6. The maximum absolute atomic E-state index is 12.0. The van der Waals surface area contributed by atoms with Gasteiger partial charge in [-0.25, -0.2) is 4.79 Å². The summed E-state index contributed by atoms with van der Waals surface area (Å²) in [7, 11) is 3.34. The van der Waals surface area contributed by atoms with Gasteiger partial charge in [0.05, 0.1) is 0 Å². The highest BCUT2D eigenvalue weighted by Crippen LogP contribution is 2.27. The molecule has 3 aromatic rings. The summed E-state index contributed by atoms with van der Waals surface area (Å²) >= 11 is 0. The van der Waals surface area contributed by atoms with Gasteiger partial charge in [0, 0.05) is 20.2 Å². The number of benzene rings is 2. The topological polar surface area (TPSA) is 63.7 Å². The minimum atomic E-state index is -0.260. The van der Waals surface area contributed by atoms with E-state index in [0.717, 1.165) is 11.1 Å². The first kappa shape index (κ1) is 19.2. The van der Waals surface area contributed by atoms with E-state index >= 15 is 0 Å². The van der Waals surface area contributed by atoms with E-state index in [2.05, 4.69) is 10.3 Å². The fraction of sp³-hybridized carbons (Fsp3) is 0.182. The highest BCUT2D eigenvalue weighted by Gasteiger charge is 2.13. The van der Waals surface area contributed by atoms with E-state index in [9.17, 15) is 4.79 Å². The molecule has 1 N–H and O–H groups in total. The molecule has 28 heavy (non-hydrogen) atoms. The van der Waals surface area contributed by atoms with Crippen molar-refractivity contribution in [3.63, 3.8) is 0 Å². The van der Waals surface area contributed by atoms with Gasteiger partial charge in [-0.15, -0.1) is 0 Å². The molecule has 0 unspecified atom stereocenters. The Hall–Kier alpha value is -3.54. The van der Waals surface area contributed by atoms with E-state index in [1.807, 2.05) is 60.7 Å². The molecule has 0 radical (unpaired) electrons. The molecular formula is C22H23N3O3. The van der Waals surface area contributed by atoms with Gasteiger partial charge in [0.25, 0.3) is 0 Å². The Labute approximate surface area is 164 Å². The summed E-state index contributed by atoms with van der Waals surface area (Å²) in [5.74, 6) is 0.736. The van der Waals surface area contributed by atoms with Gasteiger partial charge in [-0.2, -0.15) is 4.98 Å². The van der Waals surface area contributed by atoms with E-state index in [1.165, 1.54) is 4.90 Å². The van der Waals surface area contributed by atoms with Crippen LogP contribution in [-0.2, 0) is 13.2 Å². The third kappa shape index (κ3) is 5.48. The molecule has 1 heterocycles. The first-order valence-corrected chi connectivity index (χ1v) is 8.94. The maximum Gasteiger partial charge on any atom is 0.321 e. The van der Waals surface area contributed by atoms with Crippen LogP contribution >= 0.6 is 0 Å². The van der Waals surface area contributed by atoms with Crippen molar-refractivity contribution >= 4 is 11.7 Å². The molecule has 0 spiro atoms. The molecule has 1 aromatic heterocycles. The van der Waals surface area contributed by atoms with Crippen molar-refractivity contribution in [2.24, 2.45) is 0 Å². The molecule has 0 aliphatic heterocycles. The Morgan fingerprint density at radius 2 is 1.43 bits per heavy atom. The standard InChI is InChI=1S/C22H23N3O3/c1-25(2)22(26)23-19-13-14-20(27-15-17-9-5-3-6-10-17)24-21(19)28-16-18-11-7-4-8-12-18/h3-14H,15-16H2,1-2H3,(H,23,26). The predicted octanol–water partition coefficient (Wildman–Crippen LogP) is 4.33. The first-order valence-electron chi connectivity index (χ1n) is 8.94. The van der Waals surface area contributed by atoms with Crippen molar-refractivity contribution in [3.8, 4) is 11.8 Å². The number of nitrogens with zero attached hydrogens (tertiary/aromatic N) is 2. The average molecular weight is 377 g/mol. The van der Waals surface area contributed by atoms with Gasteiger partial charge in [0.1, 0.15) is 18.9 Å². The second-order valence-electron chi connectivity index (χ2n) is 6.38. The average Bonchev–Trinajstić information content (AvgIpc) is 2.73. The predicted molar refractivity (Wildman–Crippen MR) is 108 cm³/mol. The summed E-state index contributed by atoms with van der Waals surface area (Å²) in [6.45, 7) is 0.732. The highest BCUT2D eigenvalue weighted by atomic mass is 16.5. The van der Waals surface area contributed by atoms with Crippen LogP contribution in [-0.4, -0.2) is 30.0 Å². The molecule has 0 bridgehead atoms. The zero-order chi connectivity index (χ0) is 19.8. The van der Waals surface area contributed by atoms with Gasteiger partial charge in [-0.05, 0) is 17.2 Å². The van der Waals surface area contributed by atoms with E-state index in [4.69, 9.17) is 9.47 Å². The molecular weight excluding hydrogens is 354 g/mol. The number of rotatable bonds is 7. The number of carbonyl (C=O) groups excluding carboxylic acids is 1. The lowest BCUT2D eigenvalue weighted by Gasteiger charge is -2.16. The van der Waals surface area contributed by atoms with Crippen LogP contribution in [0.15, 0.2) is 72.8 Å². The van der Waals surface area contributed by atoms with Gasteiger partial charge < -0.3 is 19.7 Å². The van der Waals surface area contributed by atoms with E-state index in [-0.39, 0.29) is 6.03 Å². The maximum atomic E-state index is 12.0. The van der Waals surface area contributed by atoms with Crippen LogP contribution in [0.25, 0.3) is 0 Å². The summed E-state index contributed by atoms with van der Waals surface area (Å²) < 4.78 is 11.7. The molecule has 2 aromatic carbocycles. The summed E-state index contributed by atoms with van der Waals surface area (Å²) in [6, 6.07) is 22.8. The van der Waals surface area contributed by atoms with Crippen molar-refractivity contribution in [1.29, 1.82) is 0 Å². The van der Waals surface area contributed by atoms with E-state index in [0.29, 0.717) is 30.7 Å². The number of nitrogens with one attached hydrogen (secondary N) is 1. The lowest BCUT2D eigenvalue weighted by atomic mass is 10.2. The van der Waals surface area contributed by atoms with Crippen LogP contribution in [0.5, 0.6) is 11.8 Å². The number of hydrogen-bond acceptors (Lipinski definition) is 4. The Bertz CT molecular complexity index is 899. The zero-order valence-electron chi connectivity index (χ0n) is 16.0. The van der Waals surface area contributed by atoms with Crippen LogP contribution in [0, 0.1) is 0 Å². The monoisotopic (exact) mass is 377 g/mol. The molecule has 6 nitrogen and oxygen atoms in total. The number of pyridine rings is 1. The molecule has 3 rings (SSSR count). The number of carbonyl (C=O) groups is 1. The third-order valence-corrected chi connectivity index (χ3v) is 3.93. The summed E-state index contributed by atoms with van der Waals surface area (Å²) in [6.07, 6.45) is 0. The zero-order valence-corrected chi connectivity index (χ0v) is 16.0. The number of amides is 2. The van der Waals surface area contributed by atoms with Crippen LogP contribution in [0.4, 0.5) is 10.5 Å². The second-order valence-corrected chi connectivity index (χ2v) is 6.38.